The van der Waals surface area contributed by atoms with E-state index in [4.69, 9.17) is 9.47 Å². The number of hydrogen-bond donors (Lipinski definition) is 1. The molecule has 4 aromatic carbocycles. The van der Waals surface area contributed by atoms with Crippen molar-refractivity contribution in [3.63, 3.8) is 0 Å². The number of benzene rings is 4. The first-order valence-electron chi connectivity index (χ1n) is 16.3. The molecule has 0 aliphatic heterocycles. The van der Waals surface area contributed by atoms with E-state index in [0.717, 1.165) is 58.8 Å². The first-order chi connectivity index (χ1) is 23.6. The number of nitrogens with one attached hydrogen (secondary N) is 1. The van der Waals surface area contributed by atoms with E-state index in [-0.39, 0.29) is 41.2 Å². The van der Waals surface area contributed by atoms with Crippen molar-refractivity contribution in [2.24, 2.45) is 0 Å². The highest BCUT2D eigenvalue weighted by atomic mass is 32.2. The topological polar surface area (TPSA) is 105 Å². The van der Waals surface area contributed by atoms with E-state index >= 15 is 0 Å². The van der Waals surface area contributed by atoms with Crippen molar-refractivity contribution in [1.82, 2.24) is 10.2 Å². The summed E-state index contributed by atoms with van der Waals surface area (Å²) in [5.74, 6) is -0.951. The fraction of sp³-hybridized carbons (Fsp3) is 0.316. The number of halogens is 1. The number of carbonyl (C=O) groups excluding carboxylic acids is 2. The highest BCUT2D eigenvalue weighted by molar-refractivity contribution is 7.92. The number of hydrogen-bond acceptors (Lipinski definition) is 6. The van der Waals surface area contributed by atoms with Crippen LogP contribution >= 0.6 is 0 Å². The van der Waals surface area contributed by atoms with E-state index < -0.39 is 34.3 Å². The monoisotopic (exact) mass is 687 g/mol. The fourth-order valence-electron chi connectivity index (χ4n) is 6.13. The van der Waals surface area contributed by atoms with Gasteiger partial charge in [-0.1, -0.05) is 67.4 Å². The summed E-state index contributed by atoms with van der Waals surface area (Å²) in [6, 6.07) is 25.1. The molecule has 258 valence electrons. The summed E-state index contributed by atoms with van der Waals surface area (Å²) in [6.45, 7) is 1.33. The fourth-order valence-corrected chi connectivity index (χ4v) is 7.56. The Morgan fingerprint density at radius 1 is 0.878 bits per heavy atom. The van der Waals surface area contributed by atoms with Crippen LogP contribution < -0.4 is 19.1 Å². The van der Waals surface area contributed by atoms with Gasteiger partial charge in [-0.05, 0) is 72.9 Å². The lowest BCUT2D eigenvalue weighted by Crippen LogP contribution is -2.54. The second kappa shape index (κ2) is 16.0. The first kappa shape index (κ1) is 35.4. The van der Waals surface area contributed by atoms with Crippen molar-refractivity contribution >= 4 is 27.5 Å². The van der Waals surface area contributed by atoms with Crippen LogP contribution in [0.3, 0.4) is 0 Å². The smallest absolute Gasteiger partial charge is 0.264 e. The van der Waals surface area contributed by atoms with Gasteiger partial charge in [0.2, 0.25) is 11.8 Å². The molecule has 1 aliphatic carbocycles. The van der Waals surface area contributed by atoms with E-state index in [0.29, 0.717) is 5.75 Å². The van der Waals surface area contributed by atoms with Crippen LogP contribution in [0.15, 0.2) is 102 Å². The molecule has 11 heteroatoms. The van der Waals surface area contributed by atoms with Gasteiger partial charge in [0.15, 0.2) is 11.5 Å². The maximum atomic E-state index is 14.7. The van der Waals surface area contributed by atoms with E-state index in [1.54, 1.807) is 0 Å². The minimum Gasteiger partial charge on any atom is -0.493 e. The lowest BCUT2D eigenvalue weighted by Gasteiger charge is -2.34. The average molecular weight is 688 g/mol. The quantitative estimate of drug-likeness (QED) is 0.173. The van der Waals surface area contributed by atoms with Gasteiger partial charge >= 0.3 is 0 Å². The normalized spacial score (nSPS) is 13.8. The molecule has 0 aromatic heterocycles. The summed E-state index contributed by atoms with van der Waals surface area (Å²) in [4.78, 5) is 30.2. The molecule has 1 saturated carbocycles. The maximum absolute atomic E-state index is 14.7. The van der Waals surface area contributed by atoms with Crippen LogP contribution in [-0.2, 0) is 32.6 Å². The van der Waals surface area contributed by atoms with Crippen LogP contribution in [0, 0.1) is 12.7 Å². The minimum atomic E-state index is -4.43. The molecule has 2 amide bonds. The van der Waals surface area contributed by atoms with Crippen LogP contribution in [0.2, 0.25) is 0 Å². The number of anilines is 1. The second-order valence-corrected chi connectivity index (χ2v) is 14.0. The van der Waals surface area contributed by atoms with Crippen LogP contribution in [0.4, 0.5) is 10.1 Å². The summed E-state index contributed by atoms with van der Waals surface area (Å²) >= 11 is 0. The van der Waals surface area contributed by atoms with Gasteiger partial charge in [0.05, 0.1) is 24.8 Å². The molecule has 0 bridgehead atoms. The highest BCUT2D eigenvalue weighted by Crippen LogP contribution is 2.33. The lowest BCUT2D eigenvalue weighted by atomic mass is 10.0. The molecule has 1 aliphatic rings. The van der Waals surface area contributed by atoms with Crippen molar-refractivity contribution < 1.29 is 31.9 Å². The van der Waals surface area contributed by atoms with Crippen LogP contribution in [0.5, 0.6) is 11.5 Å². The predicted molar refractivity (Wildman–Crippen MR) is 187 cm³/mol. The van der Waals surface area contributed by atoms with Gasteiger partial charge in [-0.2, -0.15) is 0 Å². The third-order valence-electron chi connectivity index (χ3n) is 8.91. The molecule has 5 rings (SSSR count). The summed E-state index contributed by atoms with van der Waals surface area (Å²) in [7, 11) is -1.60. The number of rotatable bonds is 14. The Balaban J connectivity index is 1.59. The minimum absolute atomic E-state index is 0.00216. The molecule has 49 heavy (non-hydrogen) atoms. The largest absolute Gasteiger partial charge is 0.493 e. The van der Waals surface area contributed by atoms with Crippen molar-refractivity contribution in [2.75, 3.05) is 25.1 Å². The number of amides is 2. The molecule has 0 radical (unpaired) electrons. The van der Waals surface area contributed by atoms with E-state index in [2.05, 4.69) is 5.32 Å². The molecule has 0 unspecified atom stereocenters. The predicted octanol–water partition coefficient (Wildman–Crippen LogP) is 6.05. The molecular weight excluding hydrogens is 645 g/mol. The van der Waals surface area contributed by atoms with E-state index in [1.165, 1.54) is 49.5 Å². The summed E-state index contributed by atoms with van der Waals surface area (Å²) in [5, 5.41) is 3.17. The van der Waals surface area contributed by atoms with Crippen molar-refractivity contribution in [1.29, 1.82) is 0 Å². The Labute approximate surface area is 287 Å². The van der Waals surface area contributed by atoms with Gasteiger partial charge in [0.25, 0.3) is 10.0 Å². The van der Waals surface area contributed by atoms with Gasteiger partial charge < -0.3 is 19.7 Å². The molecule has 4 aromatic rings. The van der Waals surface area contributed by atoms with Crippen molar-refractivity contribution in [2.45, 2.75) is 62.6 Å². The Hall–Kier alpha value is -4.90. The SMILES string of the molecule is COc1ccc(S(=O)(=O)N(CC(=O)N(Cc2ccccc2C)[C@@H](Cc2ccccc2)C(=O)NC2CCCC2)c2ccc(F)cc2)cc1OC. The summed E-state index contributed by atoms with van der Waals surface area (Å²) < 4.78 is 54.4. The molecule has 0 spiro atoms. The van der Waals surface area contributed by atoms with Gasteiger partial charge in [0.1, 0.15) is 18.4 Å². The van der Waals surface area contributed by atoms with Gasteiger partial charge in [-0.15, -0.1) is 0 Å². The zero-order chi connectivity index (χ0) is 35.0. The van der Waals surface area contributed by atoms with Crippen LogP contribution in [0.25, 0.3) is 0 Å². The third kappa shape index (κ3) is 8.58. The molecule has 1 N–H and O–H groups in total. The first-order valence-corrected chi connectivity index (χ1v) is 17.7. The summed E-state index contributed by atoms with van der Waals surface area (Å²) in [5.41, 5.74) is 2.67. The van der Waals surface area contributed by atoms with Gasteiger partial charge in [-0.3, -0.25) is 13.9 Å². The van der Waals surface area contributed by atoms with E-state index in [1.807, 2.05) is 61.5 Å². The third-order valence-corrected chi connectivity index (χ3v) is 10.7. The average Bonchev–Trinajstić information content (AvgIpc) is 3.63. The molecular formula is C38H42FN3O6S. The van der Waals surface area contributed by atoms with Crippen LogP contribution in [0.1, 0.15) is 42.4 Å². The lowest BCUT2D eigenvalue weighted by molar-refractivity contribution is -0.140. The van der Waals surface area contributed by atoms with Gasteiger partial charge in [0, 0.05) is 25.1 Å². The number of methoxy groups -OCH3 is 2. The Morgan fingerprint density at radius 3 is 2.18 bits per heavy atom. The highest BCUT2D eigenvalue weighted by Gasteiger charge is 2.36. The van der Waals surface area contributed by atoms with E-state index in [9.17, 15) is 22.4 Å². The van der Waals surface area contributed by atoms with Crippen LogP contribution in [-0.4, -0.2) is 58.0 Å². The molecule has 9 nitrogen and oxygen atoms in total. The Kier molecular flexibility index (Phi) is 11.6. The second-order valence-electron chi connectivity index (χ2n) is 12.1. The number of sulfonamides is 1. The number of nitrogens with zero attached hydrogens (tertiary/aromatic N) is 2. The molecule has 1 fully saturated rings. The molecule has 1 atom stereocenters. The zero-order valence-corrected chi connectivity index (χ0v) is 28.8. The Morgan fingerprint density at radius 2 is 1.53 bits per heavy atom. The van der Waals surface area contributed by atoms with Crippen molar-refractivity contribution in [3.8, 4) is 11.5 Å². The number of carbonyl (C=O) groups is 2. The maximum Gasteiger partial charge on any atom is 0.264 e. The zero-order valence-electron chi connectivity index (χ0n) is 28.0. The van der Waals surface area contributed by atoms with Gasteiger partial charge in [-0.25, -0.2) is 12.8 Å². The number of aryl methyl sites for hydroxylation is 1. The molecule has 0 heterocycles. The Bertz CT molecular complexity index is 1850. The van der Waals surface area contributed by atoms with Crippen molar-refractivity contribution in [3.05, 3.63) is 120 Å². The standard InChI is InChI=1S/C38H42FN3O6S/c1-27-11-7-8-14-29(27)25-41(34(23-28-12-5-4-6-13-28)38(44)40-31-15-9-10-16-31)37(43)26-42(32-19-17-30(39)18-20-32)49(45,46)33-21-22-35(47-2)36(24-33)48-3/h4-8,11-14,17-22,24,31,34H,9-10,15-16,23,25-26H2,1-3H3,(H,40,44)/t34-/m0/s1. The number of ether oxygens (including phenoxy) is 2. The molecule has 0 saturated heterocycles. The summed E-state index contributed by atoms with van der Waals surface area (Å²) in [6.07, 6.45) is 3.96.